The van der Waals surface area contributed by atoms with Crippen molar-refractivity contribution >= 4 is 28.5 Å². The highest BCUT2D eigenvalue weighted by atomic mass is 16.5. The highest BCUT2D eigenvalue weighted by Crippen LogP contribution is 2.23. The van der Waals surface area contributed by atoms with E-state index in [1.807, 2.05) is 6.92 Å². The van der Waals surface area contributed by atoms with E-state index in [2.05, 4.69) is 5.32 Å². The number of hydrogen-bond acceptors (Lipinski definition) is 5. The minimum absolute atomic E-state index is 0.352. The lowest BCUT2D eigenvalue weighted by atomic mass is 10.1. The van der Waals surface area contributed by atoms with E-state index in [1.54, 1.807) is 37.3 Å². The average molecular weight is 366 g/mol. The fourth-order valence-corrected chi connectivity index (χ4v) is 2.60. The zero-order valence-electron chi connectivity index (χ0n) is 14.8. The number of fused-ring (bicyclic) bond motifs is 1. The van der Waals surface area contributed by atoms with Gasteiger partial charge in [0.25, 0.3) is 5.91 Å². The zero-order chi connectivity index (χ0) is 19.6. The lowest BCUT2D eigenvalue weighted by Gasteiger charge is -2.15. The Labute approximate surface area is 154 Å². The number of carbonyl (C=O) groups is 2. The van der Waals surface area contributed by atoms with Crippen LogP contribution < -0.4 is 21.4 Å². The lowest BCUT2D eigenvalue weighted by molar-refractivity contribution is -0.122. The summed E-state index contributed by atoms with van der Waals surface area (Å²) in [6, 6.07) is 12.7. The molecular weight excluding hydrogens is 348 g/mol. The van der Waals surface area contributed by atoms with Gasteiger partial charge in [-0.25, -0.2) is 4.79 Å². The van der Waals surface area contributed by atoms with Crippen molar-refractivity contribution in [2.45, 2.75) is 20.0 Å². The van der Waals surface area contributed by atoms with Gasteiger partial charge in [-0.2, -0.15) is 0 Å². The summed E-state index contributed by atoms with van der Waals surface area (Å²) >= 11 is 0. The molecule has 7 heteroatoms. The molecule has 2 aromatic carbocycles. The van der Waals surface area contributed by atoms with Gasteiger partial charge < -0.3 is 20.2 Å². The molecule has 0 spiro atoms. The van der Waals surface area contributed by atoms with Crippen LogP contribution in [0.25, 0.3) is 11.0 Å². The molecule has 0 bridgehead atoms. The van der Waals surface area contributed by atoms with Gasteiger partial charge in [0, 0.05) is 28.8 Å². The second-order valence-corrected chi connectivity index (χ2v) is 6.10. The fourth-order valence-electron chi connectivity index (χ4n) is 2.60. The number of anilines is 1. The van der Waals surface area contributed by atoms with E-state index in [0.717, 1.165) is 10.9 Å². The Morgan fingerprint density at radius 3 is 2.48 bits per heavy atom. The Balaban J connectivity index is 1.71. The van der Waals surface area contributed by atoms with Crippen molar-refractivity contribution in [1.29, 1.82) is 0 Å². The maximum absolute atomic E-state index is 12.3. The van der Waals surface area contributed by atoms with Crippen LogP contribution in [0.1, 0.15) is 22.8 Å². The first-order valence-corrected chi connectivity index (χ1v) is 8.25. The quantitative estimate of drug-likeness (QED) is 0.674. The molecule has 0 saturated carbocycles. The Kier molecular flexibility index (Phi) is 4.94. The van der Waals surface area contributed by atoms with Gasteiger partial charge in [-0.15, -0.1) is 0 Å². The van der Waals surface area contributed by atoms with Gasteiger partial charge in [0.2, 0.25) is 5.91 Å². The first kappa shape index (κ1) is 18.2. The van der Waals surface area contributed by atoms with Crippen LogP contribution in [0.5, 0.6) is 5.75 Å². The highest BCUT2D eigenvalue weighted by molar-refractivity contribution is 5.96. The van der Waals surface area contributed by atoms with Crippen LogP contribution in [0.15, 0.2) is 57.7 Å². The summed E-state index contributed by atoms with van der Waals surface area (Å²) in [7, 11) is 0. The summed E-state index contributed by atoms with van der Waals surface area (Å²) in [6.07, 6.45) is -0.796. The molecule has 3 N–H and O–H groups in total. The number of amides is 2. The molecule has 3 rings (SSSR count). The van der Waals surface area contributed by atoms with E-state index in [9.17, 15) is 14.4 Å². The first-order valence-electron chi connectivity index (χ1n) is 8.25. The standard InChI is InChI=1S/C20H18N2O5/c1-11-9-18(23)27-17-10-15(7-8-16(11)17)26-12(2)20(25)22-14-5-3-13(4-6-14)19(21)24/h3-10,12H,1-2H3,(H2,21,24)(H,22,25)/t12-/m0/s1. The van der Waals surface area contributed by atoms with Crippen molar-refractivity contribution in [1.82, 2.24) is 0 Å². The smallest absolute Gasteiger partial charge is 0.336 e. The third-order valence-electron chi connectivity index (χ3n) is 4.04. The second-order valence-electron chi connectivity index (χ2n) is 6.10. The third kappa shape index (κ3) is 4.14. The Morgan fingerprint density at radius 1 is 1.11 bits per heavy atom. The van der Waals surface area contributed by atoms with E-state index in [1.165, 1.54) is 18.2 Å². The SMILES string of the molecule is Cc1cc(=O)oc2cc(O[C@@H](C)C(=O)Nc3ccc(C(N)=O)cc3)ccc12. The van der Waals surface area contributed by atoms with Crippen molar-refractivity contribution < 1.29 is 18.7 Å². The van der Waals surface area contributed by atoms with Crippen LogP contribution >= 0.6 is 0 Å². The molecule has 0 fully saturated rings. The van der Waals surface area contributed by atoms with Crippen molar-refractivity contribution in [2.24, 2.45) is 5.73 Å². The minimum atomic E-state index is -0.796. The first-order chi connectivity index (χ1) is 12.8. The number of hydrogen-bond donors (Lipinski definition) is 2. The normalized spacial score (nSPS) is 11.8. The fraction of sp³-hybridized carbons (Fsp3) is 0.150. The summed E-state index contributed by atoms with van der Waals surface area (Å²) in [6.45, 7) is 3.42. The van der Waals surface area contributed by atoms with Crippen molar-refractivity contribution in [3.63, 3.8) is 0 Å². The largest absolute Gasteiger partial charge is 0.481 e. The predicted octanol–water partition coefficient (Wildman–Crippen LogP) is 2.61. The van der Waals surface area contributed by atoms with Gasteiger partial charge in [0.05, 0.1) is 0 Å². The molecular formula is C20H18N2O5. The molecule has 1 heterocycles. The van der Waals surface area contributed by atoms with Crippen molar-refractivity contribution in [3.05, 3.63) is 70.1 Å². The maximum Gasteiger partial charge on any atom is 0.336 e. The summed E-state index contributed by atoms with van der Waals surface area (Å²) in [5.74, 6) is -0.502. The number of primary amides is 1. The van der Waals surface area contributed by atoms with Crippen LogP contribution in [-0.2, 0) is 4.79 Å². The molecule has 27 heavy (non-hydrogen) atoms. The van der Waals surface area contributed by atoms with Gasteiger partial charge in [0.1, 0.15) is 11.3 Å². The minimum Gasteiger partial charge on any atom is -0.481 e. The molecule has 7 nitrogen and oxygen atoms in total. The number of nitrogens with two attached hydrogens (primary N) is 1. The summed E-state index contributed by atoms with van der Waals surface area (Å²) in [5.41, 5.74) is 6.81. The molecule has 0 unspecified atom stereocenters. The predicted molar refractivity (Wildman–Crippen MR) is 101 cm³/mol. The number of aryl methyl sites for hydroxylation is 1. The summed E-state index contributed by atoms with van der Waals surface area (Å²) in [4.78, 5) is 34.9. The van der Waals surface area contributed by atoms with Crippen LogP contribution in [0.4, 0.5) is 5.69 Å². The molecule has 138 valence electrons. The number of carbonyl (C=O) groups excluding carboxylic acids is 2. The Hall–Kier alpha value is -3.61. The van der Waals surface area contributed by atoms with Crippen LogP contribution in [-0.4, -0.2) is 17.9 Å². The number of benzene rings is 2. The van der Waals surface area contributed by atoms with E-state index in [0.29, 0.717) is 22.6 Å². The van der Waals surface area contributed by atoms with Crippen LogP contribution in [0.2, 0.25) is 0 Å². The number of rotatable bonds is 5. The van der Waals surface area contributed by atoms with Gasteiger partial charge in [0.15, 0.2) is 6.10 Å². The lowest BCUT2D eigenvalue weighted by Crippen LogP contribution is -2.30. The molecule has 0 radical (unpaired) electrons. The monoisotopic (exact) mass is 366 g/mol. The van der Waals surface area contributed by atoms with Crippen LogP contribution in [0, 0.1) is 6.92 Å². The molecule has 0 saturated heterocycles. The average Bonchev–Trinajstić information content (AvgIpc) is 2.61. The van der Waals surface area contributed by atoms with Gasteiger partial charge in [-0.3, -0.25) is 9.59 Å². The molecule has 0 aliphatic carbocycles. The maximum atomic E-state index is 12.3. The highest BCUT2D eigenvalue weighted by Gasteiger charge is 2.16. The number of ether oxygens (including phenoxy) is 1. The van der Waals surface area contributed by atoms with E-state index in [-0.39, 0.29) is 5.91 Å². The van der Waals surface area contributed by atoms with Gasteiger partial charge in [-0.1, -0.05) is 0 Å². The topological polar surface area (TPSA) is 112 Å². The molecule has 0 aliphatic heterocycles. The number of nitrogens with one attached hydrogen (secondary N) is 1. The molecule has 1 atom stereocenters. The van der Waals surface area contributed by atoms with Gasteiger partial charge in [-0.05, 0) is 55.8 Å². The van der Waals surface area contributed by atoms with E-state index < -0.39 is 17.6 Å². The van der Waals surface area contributed by atoms with Gasteiger partial charge >= 0.3 is 5.63 Å². The molecule has 3 aromatic rings. The summed E-state index contributed by atoms with van der Waals surface area (Å²) in [5, 5.41) is 3.49. The van der Waals surface area contributed by atoms with Crippen molar-refractivity contribution in [3.8, 4) is 5.75 Å². The van der Waals surface area contributed by atoms with E-state index >= 15 is 0 Å². The Morgan fingerprint density at radius 2 is 1.81 bits per heavy atom. The second kappa shape index (κ2) is 7.33. The third-order valence-corrected chi connectivity index (χ3v) is 4.04. The van der Waals surface area contributed by atoms with Crippen LogP contribution in [0.3, 0.4) is 0 Å². The molecule has 0 aliphatic rings. The van der Waals surface area contributed by atoms with E-state index in [4.69, 9.17) is 14.9 Å². The molecule has 2 amide bonds. The zero-order valence-corrected chi connectivity index (χ0v) is 14.8. The van der Waals surface area contributed by atoms with Crippen molar-refractivity contribution in [2.75, 3.05) is 5.32 Å². The molecule has 1 aromatic heterocycles. The summed E-state index contributed by atoms with van der Waals surface area (Å²) < 4.78 is 10.8. The Bertz CT molecular complexity index is 1070.